The van der Waals surface area contributed by atoms with E-state index in [-0.39, 0.29) is 5.28 Å². The summed E-state index contributed by atoms with van der Waals surface area (Å²) in [7, 11) is 0. The summed E-state index contributed by atoms with van der Waals surface area (Å²) < 4.78 is 5.20. The summed E-state index contributed by atoms with van der Waals surface area (Å²) in [6.45, 7) is 0. The van der Waals surface area contributed by atoms with Gasteiger partial charge in [0.15, 0.2) is 0 Å². The molecule has 0 spiro atoms. The van der Waals surface area contributed by atoms with Gasteiger partial charge in [0, 0.05) is 22.8 Å². The second-order valence-corrected chi connectivity index (χ2v) is 4.69. The lowest BCUT2D eigenvalue weighted by atomic mass is 10.1. The summed E-state index contributed by atoms with van der Waals surface area (Å²) in [6.07, 6.45) is 1.55. The van der Waals surface area contributed by atoms with Gasteiger partial charge in [0.05, 0.1) is 0 Å². The van der Waals surface area contributed by atoms with Crippen molar-refractivity contribution >= 4 is 34.9 Å². The number of nitrogens with zero attached hydrogens (tertiary/aromatic N) is 3. The fraction of sp³-hybridized carbons (Fsp3) is 0. The predicted molar refractivity (Wildman–Crippen MR) is 77.3 cm³/mol. The molecule has 7 heteroatoms. The van der Waals surface area contributed by atoms with Gasteiger partial charge in [0.25, 0.3) is 0 Å². The Balaban J connectivity index is 1.82. The lowest BCUT2D eigenvalue weighted by molar-refractivity contribution is 0.437. The Morgan fingerprint density at radius 1 is 1.05 bits per heavy atom. The monoisotopic (exact) mass is 306 g/mol. The highest BCUT2D eigenvalue weighted by Crippen LogP contribution is 2.24. The summed E-state index contributed by atoms with van der Waals surface area (Å²) in [5.41, 5.74) is 1.61. The van der Waals surface area contributed by atoms with Crippen molar-refractivity contribution in [2.75, 3.05) is 5.32 Å². The van der Waals surface area contributed by atoms with Gasteiger partial charge in [-0.1, -0.05) is 28.9 Å². The number of benzene rings is 1. The minimum Gasteiger partial charge on any atom is -0.338 e. The molecule has 5 nitrogen and oxygen atoms in total. The molecule has 20 heavy (non-hydrogen) atoms. The molecule has 0 radical (unpaired) electrons. The average Bonchev–Trinajstić information content (AvgIpc) is 2.88. The Morgan fingerprint density at radius 2 is 1.85 bits per heavy atom. The molecule has 3 rings (SSSR count). The van der Waals surface area contributed by atoms with Crippen molar-refractivity contribution in [3.8, 4) is 11.3 Å². The Morgan fingerprint density at radius 3 is 2.60 bits per heavy atom. The summed E-state index contributed by atoms with van der Waals surface area (Å²) >= 11 is 11.5. The molecule has 2 heterocycles. The van der Waals surface area contributed by atoms with Crippen molar-refractivity contribution in [1.82, 2.24) is 15.1 Å². The molecule has 0 saturated heterocycles. The van der Waals surface area contributed by atoms with Crippen LogP contribution < -0.4 is 5.32 Å². The molecule has 2 aromatic heterocycles. The Kier molecular flexibility index (Phi) is 3.54. The number of anilines is 2. The number of halogens is 2. The molecule has 0 unspecified atom stereocenters. The van der Waals surface area contributed by atoms with Gasteiger partial charge in [-0.15, -0.1) is 0 Å². The third kappa shape index (κ3) is 2.89. The van der Waals surface area contributed by atoms with Crippen LogP contribution in [0.3, 0.4) is 0 Å². The fourth-order valence-electron chi connectivity index (χ4n) is 1.62. The molecule has 1 aromatic carbocycles. The highest BCUT2D eigenvalue weighted by molar-refractivity contribution is 6.30. The van der Waals surface area contributed by atoms with Crippen molar-refractivity contribution in [3.63, 3.8) is 0 Å². The van der Waals surface area contributed by atoms with Gasteiger partial charge in [-0.3, -0.25) is 0 Å². The van der Waals surface area contributed by atoms with Crippen LogP contribution in [-0.4, -0.2) is 15.1 Å². The average molecular weight is 307 g/mol. The van der Waals surface area contributed by atoms with Gasteiger partial charge in [-0.2, -0.15) is 0 Å². The molecule has 100 valence electrons. The van der Waals surface area contributed by atoms with Crippen molar-refractivity contribution in [1.29, 1.82) is 0 Å². The van der Waals surface area contributed by atoms with E-state index in [0.717, 1.165) is 5.56 Å². The third-order valence-electron chi connectivity index (χ3n) is 2.53. The number of rotatable bonds is 3. The van der Waals surface area contributed by atoms with Crippen LogP contribution in [0, 0.1) is 0 Å². The van der Waals surface area contributed by atoms with Crippen LogP contribution in [0.25, 0.3) is 11.3 Å². The molecule has 0 aliphatic rings. The van der Waals surface area contributed by atoms with Crippen molar-refractivity contribution in [2.45, 2.75) is 0 Å². The summed E-state index contributed by atoms with van der Waals surface area (Å²) in [6, 6.07) is 10.8. The van der Waals surface area contributed by atoms with E-state index in [1.807, 2.05) is 12.1 Å². The van der Waals surface area contributed by atoms with Crippen LogP contribution in [0.15, 0.2) is 47.1 Å². The maximum atomic E-state index is 5.84. The zero-order valence-corrected chi connectivity index (χ0v) is 11.6. The van der Waals surface area contributed by atoms with E-state index in [1.54, 1.807) is 30.5 Å². The first-order valence-electron chi connectivity index (χ1n) is 5.69. The van der Waals surface area contributed by atoms with Crippen LogP contribution >= 0.6 is 23.2 Å². The lowest BCUT2D eigenvalue weighted by Crippen LogP contribution is -1.92. The van der Waals surface area contributed by atoms with Crippen molar-refractivity contribution < 1.29 is 4.52 Å². The molecule has 0 atom stereocenters. The zero-order valence-electron chi connectivity index (χ0n) is 10.0. The molecule has 0 bridgehead atoms. The molecule has 0 amide bonds. The molecular weight excluding hydrogens is 299 g/mol. The molecule has 0 saturated carbocycles. The molecule has 3 aromatic rings. The zero-order chi connectivity index (χ0) is 13.9. The molecule has 0 aliphatic heterocycles. The third-order valence-corrected chi connectivity index (χ3v) is 2.96. The Labute approximate surface area is 124 Å². The van der Waals surface area contributed by atoms with E-state index in [1.165, 1.54) is 0 Å². The standard InChI is InChI=1S/C13H8Cl2N4O/c14-9-3-1-8(2-4-9)10-7-12(20-19-10)17-11-5-6-16-13(15)18-11/h1-7H,(H,16,17,18). The quantitative estimate of drug-likeness (QED) is 0.735. The Hall–Kier alpha value is -2.11. The summed E-state index contributed by atoms with van der Waals surface area (Å²) in [5, 5.41) is 7.77. The Bertz CT molecular complexity index is 727. The lowest BCUT2D eigenvalue weighted by Gasteiger charge is -1.99. The second kappa shape index (κ2) is 5.48. The van der Waals surface area contributed by atoms with Gasteiger partial charge >= 0.3 is 0 Å². The first-order chi connectivity index (χ1) is 9.70. The highest BCUT2D eigenvalue weighted by atomic mass is 35.5. The first kappa shape index (κ1) is 12.9. The molecule has 0 aliphatic carbocycles. The maximum absolute atomic E-state index is 5.84. The first-order valence-corrected chi connectivity index (χ1v) is 6.44. The van der Waals surface area contributed by atoms with E-state index in [4.69, 9.17) is 27.7 Å². The van der Waals surface area contributed by atoms with Crippen molar-refractivity contribution in [2.24, 2.45) is 0 Å². The minimum atomic E-state index is 0.160. The van der Waals surface area contributed by atoms with E-state index in [0.29, 0.717) is 22.4 Å². The smallest absolute Gasteiger partial charge is 0.230 e. The SMILES string of the molecule is Clc1ccc(-c2cc(Nc3ccnc(Cl)n3)on2)cc1. The summed E-state index contributed by atoms with van der Waals surface area (Å²) in [4.78, 5) is 7.80. The second-order valence-electron chi connectivity index (χ2n) is 3.92. The topological polar surface area (TPSA) is 63.8 Å². The van der Waals surface area contributed by atoms with Crippen molar-refractivity contribution in [3.05, 3.63) is 52.9 Å². The van der Waals surface area contributed by atoms with E-state index in [2.05, 4.69) is 20.4 Å². The van der Waals surface area contributed by atoms with Crippen LogP contribution in [0.4, 0.5) is 11.7 Å². The van der Waals surface area contributed by atoms with Gasteiger partial charge in [-0.25, -0.2) is 9.97 Å². The van der Waals surface area contributed by atoms with E-state index < -0.39 is 0 Å². The van der Waals surface area contributed by atoms with Crippen LogP contribution in [-0.2, 0) is 0 Å². The predicted octanol–water partition coefficient (Wildman–Crippen LogP) is 4.18. The summed E-state index contributed by atoms with van der Waals surface area (Å²) in [5.74, 6) is 0.994. The van der Waals surface area contributed by atoms with E-state index >= 15 is 0 Å². The minimum absolute atomic E-state index is 0.160. The molecular formula is C13H8Cl2N4O. The molecule has 0 fully saturated rings. The van der Waals surface area contributed by atoms with Gasteiger partial charge < -0.3 is 9.84 Å². The maximum Gasteiger partial charge on any atom is 0.230 e. The number of hydrogen-bond donors (Lipinski definition) is 1. The largest absolute Gasteiger partial charge is 0.338 e. The van der Waals surface area contributed by atoms with Crippen LogP contribution in [0.2, 0.25) is 10.3 Å². The normalized spacial score (nSPS) is 10.5. The van der Waals surface area contributed by atoms with Crippen LogP contribution in [0.5, 0.6) is 0 Å². The highest BCUT2D eigenvalue weighted by Gasteiger charge is 2.07. The number of aromatic nitrogens is 3. The van der Waals surface area contributed by atoms with Crippen LogP contribution in [0.1, 0.15) is 0 Å². The fourth-order valence-corrected chi connectivity index (χ4v) is 1.89. The molecule has 1 N–H and O–H groups in total. The number of hydrogen-bond acceptors (Lipinski definition) is 5. The van der Waals surface area contributed by atoms with Gasteiger partial charge in [-0.05, 0) is 29.8 Å². The van der Waals surface area contributed by atoms with E-state index in [9.17, 15) is 0 Å². The van der Waals surface area contributed by atoms with Gasteiger partial charge in [0.1, 0.15) is 11.5 Å². The van der Waals surface area contributed by atoms with Gasteiger partial charge in [0.2, 0.25) is 11.2 Å². The number of nitrogens with one attached hydrogen (secondary N) is 1.